The molecule has 1 saturated heterocycles. The number of nitrogens with one attached hydrogen (secondary N) is 2. The average molecular weight is 554 g/mol. The Morgan fingerprint density at radius 3 is 2.70 bits per heavy atom. The van der Waals surface area contributed by atoms with Crippen LogP contribution in [0.25, 0.3) is 10.9 Å². The van der Waals surface area contributed by atoms with Crippen LogP contribution in [0, 0.1) is 12.3 Å². The molecule has 40 heavy (non-hydrogen) atoms. The molecule has 1 amide bonds. The van der Waals surface area contributed by atoms with Crippen LogP contribution in [0.2, 0.25) is 0 Å². The van der Waals surface area contributed by atoms with Crippen molar-refractivity contribution in [1.82, 2.24) is 14.9 Å². The van der Waals surface area contributed by atoms with E-state index in [1.165, 1.54) is 18.5 Å². The Kier molecular flexibility index (Phi) is 9.24. The molecule has 1 aliphatic heterocycles. The number of fused-ring (bicyclic) bond motifs is 1. The number of anilines is 3. The molecule has 0 spiro atoms. The minimum Gasteiger partial charge on any atom is -0.486 e. The third-order valence-corrected chi connectivity index (χ3v) is 6.39. The van der Waals surface area contributed by atoms with Gasteiger partial charge in [-0.2, -0.15) is 13.2 Å². The SMILES string of the molecule is C#Cc1cc(Nc2ncnc3cc(O[C@H]4CCOC4)c(NC(=O)C=CCN(CC)CC)cc23)cc(C(F)(F)F)c1. The van der Waals surface area contributed by atoms with Gasteiger partial charge in [-0.25, -0.2) is 9.97 Å². The van der Waals surface area contributed by atoms with E-state index in [4.69, 9.17) is 15.9 Å². The van der Waals surface area contributed by atoms with Crippen molar-refractivity contribution in [2.45, 2.75) is 32.5 Å². The second-order valence-corrected chi connectivity index (χ2v) is 9.13. The predicted molar refractivity (Wildman–Crippen MR) is 148 cm³/mol. The fourth-order valence-corrected chi connectivity index (χ4v) is 4.21. The topological polar surface area (TPSA) is 88.6 Å². The lowest BCUT2D eigenvalue weighted by molar-refractivity contribution is -0.137. The molecule has 8 nitrogen and oxygen atoms in total. The maximum Gasteiger partial charge on any atom is 0.416 e. The van der Waals surface area contributed by atoms with Gasteiger partial charge in [0.15, 0.2) is 0 Å². The normalized spacial score (nSPS) is 15.5. The van der Waals surface area contributed by atoms with Gasteiger partial charge in [0.2, 0.25) is 5.91 Å². The lowest BCUT2D eigenvalue weighted by Crippen LogP contribution is -2.23. The van der Waals surface area contributed by atoms with Crippen LogP contribution < -0.4 is 15.4 Å². The van der Waals surface area contributed by atoms with Crippen molar-refractivity contribution in [2.24, 2.45) is 0 Å². The van der Waals surface area contributed by atoms with E-state index in [2.05, 4.69) is 31.4 Å². The number of terminal acetylenes is 1. The maximum atomic E-state index is 13.4. The highest BCUT2D eigenvalue weighted by molar-refractivity contribution is 6.03. The number of halogens is 3. The van der Waals surface area contributed by atoms with Crippen molar-refractivity contribution in [1.29, 1.82) is 0 Å². The number of rotatable bonds is 10. The second kappa shape index (κ2) is 12.8. The van der Waals surface area contributed by atoms with E-state index in [0.29, 0.717) is 48.5 Å². The van der Waals surface area contributed by atoms with E-state index in [1.807, 2.05) is 13.8 Å². The third-order valence-electron chi connectivity index (χ3n) is 6.39. The van der Waals surface area contributed by atoms with Crippen molar-refractivity contribution >= 4 is 34.0 Å². The molecule has 2 aromatic carbocycles. The molecule has 2 N–H and O–H groups in total. The Morgan fingerprint density at radius 1 is 1.23 bits per heavy atom. The summed E-state index contributed by atoms with van der Waals surface area (Å²) in [4.78, 5) is 23.5. The number of carbonyl (C=O) groups is 1. The van der Waals surface area contributed by atoms with Crippen LogP contribution in [0.3, 0.4) is 0 Å². The number of amides is 1. The summed E-state index contributed by atoms with van der Waals surface area (Å²) in [6.45, 7) is 7.42. The first kappa shape index (κ1) is 28.9. The Hall–Kier alpha value is -4.14. The number of alkyl halides is 3. The highest BCUT2D eigenvalue weighted by Gasteiger charge is 2.31. The fourth-order valence-electron chi connectivity index (χ4n) is 4.21. The molecule has 11 heteroatoms. The lowest BCUT2D eigenvalue weighted by Gasteiger charge is -2.18. The van der Waals surface area contributed by atoms with Crippen LogP contribution >= 0.6 is 0 Å². The largest absolute Gasteiger partial charge is 0.486 e. The highest BCUT2D eigenvalue weighted by Crippen LogP contribution is 2.36. The van der Waals surface area contributed by atoms with Gasteiger partial charge in [-0.3, -0.25) is 4.79 Å². The number of carbonyl (C=O) groups excluding carboxylic acids is 1. The second-order valence-electron chi connectivity index (χ2n) is 9.13. The molecule has 210 valence electrons. The highest BCUT2D eigenvalue weighted by atomic mass is 19.4. The molecule has 0 unspecified atom stereocenters. The van der Waals surface area contributed by atoms with Gasteiger partial charge in [0.1, 0.15) is 24.0 Å². The molecule has 3 aromatic rings. The van der Waals surface area contributed by atoms with Crippen LogP contribution in [0.5, 0.6) is 5.75 Å². The van der Waals surface area contributed by atoms with Gasteiger partial charge in [-0.05, 0) is 37.4 Å². The average Bonchev–Trinajstić information content (AvgIpc) is 3.44. The van der Waals surface area contributed by atoms with Crippen LogP contribution in [0.4, 0.5) is 30.4 Å². The molecule has 0 saturated carbocycles. The number of aromatic nitrogens is 2. The monoisotopic (exact) mass is 553 g/mol. The van der Waals surface area contributed by atoms with Crippen molar-refractivity contribution in [2.75, 3.05) is 43.5 Å². The summed E-state index contributed by atoms with van der Waals surface area (Å²) in [5.41, 5.74) is 0.113. The Labute approximate surface area is 230 Å². The van der Waals surface area contributed by atoms with E-state index >= 15 is 0 Å². The lowest BCUT2D eigenvalue weighted by atomic mass is 10.1. The van der Waals surface area contributed by atoms with Crippen molar-refractivity contribution in [3.63, 3.8) is 0 Å². The zero-order chi connectivity index (χ0) is 28.7. The Bertz CT molecular complexity index is 1420. The summed E-state index contributed by atoms with van der Waals surface area (Å²) in [6, 6.07) is 6.57. The fraction of sp³-hybridized carbons (Fsp3) is 0.345. The van der Waals surface area contributed by atoms with Gasteiger partial charge >= 0.3 is 6.18 Å². The minimum atomic E-state index is -4.58. The summed E-state index contributed by atoms with van der Waals surface area (Å²) in [5.74, 6) is 2.52. The van der Waals surface area contributed by atoms with Gasteiger partial charge in [0.05, 0.1) is 30.0 Å². The zero-order valence-electron chi connectivity index (χ0n) is 22.2. The predicted octanol–water partition coefficient (Wildman–Crippen LogP) is 5.38. The molecule has 2 heterocycles. The quantitative estimate of drug-likeness (QED) is 0.258. The number of likely N-dealkylation sites (N-methyl/N-ethyl adjacent to an activating group) is 1. The third kappa shape index (κ3) is 7.28. The summed E-state index contributed by atoms with van der Waals surface area (Å²) in [5, 5.41) is 6.24. The molecule has 1 aliphatic rings. The number of ether oxygens (including phenoxy) is 2. The van der Waals surface area contributed by atoms with Crippen LogP contribution in [-0.2, 0) is 15.7 Å². The van der Waals surface area contributed by atoms with Crippen LogP contribution in [0.15, 0.2) is 48.8 Å². The van der Waals surface area contributed by atoms with Crippen molar-refractivity contribution < 1.29 is 27.4 Å². The summed E-state index contributed by atoms with van der Waals surface area (Å²) >= 11 is 0. The van der Waals surface area contributed by atoms with E-state index in [0.717, 1.165) is 25.2 Å². The van der Waals surface area contributed by atoms with Gasteiger partial charge in [-0.1, -0.05) is 25.8 Å². The first-order valence-electron chi connectivity index (χ1n) is 12.9. The molecule has 0 bridgehead atoms. The van der Waals surface area contributed by atoms with Crippen LogP contribution in [-0.4, -0.2) is 59.7 Å². The van der Waals surface area contributed by atoms with Gasteiger partial charge in [0.25, 0.3) is 0 Å². The van der Waals surface area contributed by atoms with E-state index in [1.54, 1.807) is 18.2 Å². The Morgan fingerprint density at radius 2 is 2.02 bits per heavy atom. The maximum absolute atomic E-state index is 13.4. The minimum absolute atomic E-state index is 0.0645. The van der Waals surface area contributed by atoms with E-state index in [9.17, 15) is 18.0 Å². The van der Waals surface area contributed by atoms with Gasteiger partial charge < -0.3 is 25.0 Å². The molecular formula is C29H30F3N5O3. The number of hydrogen-bond donors (Lipinski definition) is 2. The smallest absolute Gasteiger partial charge is 0.416 e. The number of hydrogen-bond acceptors (Lipinski definition) is 7. The van der Waals surface area contributed by atoms with Gasteiger partial charge in [0, 0.05) is 41.7 Å². The molecule has 0 radical (unpaired) electrons. The van der Waals surface area contributed by atoms with Crippen molar-refractivity contribution in [3.05, 3.63) is 59.9 Å². The molecule has 4 rings (SSSR count). The first-order valence-corrected chi connectivity index (χ1v) is 12.9. The van der Waals surface area contributed by atoms with Gasteiger partial charge in [-0.15, -0.1) is 6.42 Å². The molecule has 1 atom stereocenters. The van der Waals surface area contributed by atoms with E-state index < -0.39 is 11.7 Å². The van der Waals surface area contributed by atoms with Crippen LogP contribution in [0.1, 0.15) is 31.4 Å². The molecule has 1 fully saturated rings. The summed E-state index contributed by atoms with van der Waals surface area (Å²) in [7, 11) is 0. The molecular weight excluding hydrogens is 523 g/mol. The number of nitrogens with zero attached hydrogens (tertiary/aromatic N) is 3. The molecule has 1 aromatic heterocycles. The summed E-state index contributed by atoms with van der Waals surface area (Å²) < 4.78 is 51.9. The molecule has 0 aliphatic carbocycles. The number of benzene rings is 2. The summed E-state index contributed by atoms with van der Waals surface area (Å²) in [6.07, 6.45) is 5.83. The zero-order valence-corrected chi connectivity index (χ0v) is 22.2. The standard InChI is InChI=1S/C29H30F3N5O3/c1-4-19-12-20(29(30,31)32)14-21(13-19)35-28-23-15-25(36-27(38)8-7-10-37(5-2)6-3)26(16-24(23)33-18-34-28)40-22-9-11-39-17-22/h1,7-8,12-16,18,22H,5-6,9-11,17H2,2-3H3,(H,36,38)(H,33,34,35)/t22-/m0/s1. The van der Waals surface area contributed by atoms with Crippen molar-refractivity contribution in [3.8, 4) is 18.1 Å². The Balaban J connectivity index is 1.69. The first-order chi connectivity index (χ1) is 19.2. The van der Waals surface area contributed by atoms with E-state index in [-0.39, 0.29) is 29.1 Å².